The van der Waals surface area contributed by atoms with Crippen LogP contribution in [0.2, 0.25) is 0 Å². The van der Waals surface area contributed by atoms with E-state index in [-0.39, 0.29) is 5.60 Å². The lowest BCUT2D eigenvalue weighted by atomic mass is 9.95. The Morgan fingerprint density at radius 3 is 2.00 bits per heavy atom. The molecule has 0 aromatic rings. The maximum atomic E-state index is 5.68. The molecule has 0 N–H and O–H groups in total. The highest BCUT2D eigenvalue weighted by atomic mass is 16.5. The fourth-order valence-electron chi connectivity index (χ4n) is 0.462. The zero-order chi connectivity index (χ0) is 9.07. The Kier molecular flexibility index (Phi) is 4.04. The van der Waals surface area contributed by atoms with Crippen LogP contribution >= 0.6 is 0 Å². The molecule has 0 fully saturated rings. The minimum Gasteiger partial charge on any atom is -0.360 e. The summed E-state index contributed by atoms with van der Waals surface area (Å²) in [7, 11) is 4.02. The highest BCUT2D eigenvalue weighted by Crippen LogP contribution is 2.19. The van der Waals surface area contributed by atoms with Crippen molar-refractivity contribution in [1.29, 1.82) is 0 Å². The maximum absolute atomic E-state index is 5.68. The van der Waals surface area contributed by atoms with Crippen LogP contribution in [0.5, 0.6) is 0 Å². The van der Waals surface area contributed by atoms with E-state index in [1.165, 1.54) is 0 Å². The normalized spacial score (nSPS) is 13.1. The molecule has 0 aliphatic carbocycles. The van der Waals surface area contributed by atoms with E-state index in [0.29, 0.717) is 12.6 Å². The van der Waals surface area contributed by atoms with Crippen molar-refractivity contribution in [3.8, 4) is 0 Å². The summed E-state index contributed by atoms with van der Waals surface area (Å²) in [6.07, 6.45) is 0. The van der Waals surface area contributed by atoms with Crippen LogP contribution in [0.25, 0.3) is 0 Å². The van der Waals surface area contributed by atoms with Gasteiger partial charge in [-0.3, -0.25) is 4.90 Å². The van der Waals surface area contributed by atoms with Crippen LogP contribution in [0.1, 0.15) is 27.7 Å². The molecule has 0 aliphatic rings. The van der Waals surface area contributed by atoms with Crippen LogP contribution in [0.3, 0.4) is 0 Å². The lowest BCUT2D eigenvalue weighted by Crippen LogP contribution is -2.34. The summed E-state index contributed by atoms with van der Waals surface area (Å²) in [5.41, 5.74) is -0.00965. The van der Waals surface area contributed by atoms with Crippen LogP contribution in [-0.2, 0) is 4.74 Å². The topological polar surface area (TPSA) is 12.5 Å². The highest BCUT2D eigenvalue weighted by Gasteiger charge is 2.22. The molecule has 0 aromatic heterocycles. The molecule has 2 nitrogen and oxygen atoms in total. The van der Waals surface area contributed by atoms with Crippen molar-refractivity contribution < 1.29 is 4.74 Å². The van der Waals surface area contributed by atoms with Crippen LogP contribution in [-0.4, -0.2) is 31.3 Å². The fourth-order valence-corrected chi connectivity index (χ4v) is 0.462. The first-order valence-electron chi connectivity index (χ1n) is 4.15. The molecule has 0 bridgehead atoms. The van der Waals surface area contributed by atoms with Gasteiger partial charge in [0.2, 0.25) is 0 Å². The smallest absolute Gasteiger partial charge is 0.0992 e. The van der Waals surface area contributed by atoms with Crippen LogP contribution in [0.15, 0.2) is 0 Å². The van der Waals surface area contributed by atoms with Gasteiger partial charge in [-0.1, -0.05) is 13.8 Å². The lowest BCUT2D eigenvalue weighted by molar-refractivity contribution is -0.0864. The van der Waals surface area contributed by atoms with Crippen molar-refractivity contribution in [2.45, 2.75) is 33.3 Å². The minimum atomic E-state index is -0.00965. The standard InChI is InChI=1S/C9H21NO/c1-8(2)9(3,4)11-7-10(5)6/h8H,7H2,1-6H3. The van der Waals surface area contributed by atoms with Crippen molar-refractivity contribution >= 4 is 0 Å². The van der Waals surface area contributed by atoms with Gasteiger partial charge in [-0.15, -0.1) is 0 Å². The molecule has 0 unspecified atom stereocenters. The Labute approximate surface area is 70.5 Å². The predicted molar refractivity (Wildman–Crippen MR) is 48.6 cm³/mol. The van der Waals surface area contributed by atoms with Gasteiger partial charge in [0, 0.05) is 0 Å². The largest absolute Gasteiger partial charge is 0.360 e. The Hall–Kier alpha value is -0.0800. The summed E-state index contributed by atoms with van der Waals surface area (Å²) in [6.45, 7) is 9.30. The van der Waals surface area contributed by atoms with Crippen molar-refractivity contribution in [3.05, 3.63) is 0 Å². The number of ether oxygens (including phenoxy) is 1. The second-order valence-corrected chi connectivity index (χ2v) is 4.11. The van der Waals surface area contributed by atoms with Gasteiger partial charge in [0.15, 0.2) is 0 Å². The van der Waals surface area contributed by atoms with Gasteiger partial charge < -0.3 is 4.74 Å². The Balaban J connectivity index is 3.73. The van der Waals surface area contributed by atoms with Crippen molar-refractivity contribution in [2.75, 3.05) is 20.8 Å². The van der Waals surface area contributed by atoms with Gasteiger partial charge in [0.05, 0.1) is 12.3 Å². The summed E-state index contributed by atoms with van der Waals surface area (Å²) in [5, 5.41) is 0. The molecule has 0 saturated heterocycles. The van der Waals surface area contributed by atoms with Gasteiger partial charge in [-0.2, -0.15) is 0 Å². The van der Waals surface area contributed by atoms with E-state index in [2.05, 4.69) is 27.7 Å². The summed E-state index contributed by atoms with van der Waals surface area (Å²) < 4.78 is 5.68. The van der Waals surface area contributed by atoms with Gasteiger partial charge in [0.1, 0.15) is 0 Å². The van der Waals surface area contributed by atoms with E-state index in [1.807, 2.05) is 19.0 Å². The van der Waals surface area contributed by atoms with Gasteiger partial charge in [0.25, 0.3) is 0 Å². The average molecular weight is 159 g/mol. The second kappa shape index (κ2) is 4.07. The van der Waals surface area contributed by atoms with E-state index in [1.54, 1.807) is 0 Å². The molecule has 11 heavy (non-hydrogen) atoms. The third-order valence-electron chi connectivity index (χ3n) is 2.09. The number of hydrogen-bond acceptors (Lipinski definition) is 2. The van der Waals surface area contributed by atoms with E-state index in [0.717, 1.165) is 0 Å². The van der Waals surface area contributed by atoms with Gasteiger partial charge in [-0.05, 0) is 33.9 Å². The fraction of sp³-hybridized carbons (Fsp3) is 1.00. The molecule has 0 aromatic carbocycles. The van der Waals surface area contributed by atoms with E-state index >= 15 is 0 Å². The highest BCUT2D eigenvalue weighted by molar-refractivity contribution is 4.71. The SMILES string of the molecule is CC(C)C(C)(C)OCN(C)C. The van der Waals surface area contributed by atoms with Crippen molar-refractivity contribution in [2.24, 2.45) is 5.92 Å². The first-order valence-corrected chi connectivity index (χ1v) is 4.15. The minimum absolute atomic E-state index is 0.00965. The third-order valence-corrected chi connectivity index (χ3v) is 2.09. The molecular formula is C9H21NO. The summed E-state index contributed by atoms with van der Waals surface area (Å²) in [5.74, 6) is 0.558. The molecule has 68 valence electrons. The zero-order valence-corrected chi connectivity index (χ0v) is 8.64. The van der Waals surface area contributed by atoms with Crippen molar-refractivity contribution in [3.63, 3.8) is 0 Å². The quantitative estimate of drug-likeness (QED) is 0.581. The van der Waals surface area contributed by atoms with E-state index in [9.17, 15) is 0 Å². The molecule has 0 heterocycles. The molecule has 0 amide bonds. The van der Waals surface area contributed by atoms with Gasteiger partial charge >= 0.3 is 0 Å². The number of rotatable bonds is 4. The third kappa shape index (κ3) is 4.38. The summed E-state index contributed by atoms with van der Waals surface area (Å²) in [4.78, 5) is 2.03. The maximum Gasteiger partial charge on any atom is 0.0992 e. The van der Waals surface area contributed by atoms with Crippen LogP contribution in [0, 0.1) is 5.92 Å². The van der Waals surface area contributed by atoms with Crippen LogP contribution in [0.4, 0.5) is 0 Å². The molecule has 0 spiro atoms. The first kappa shape index (κ1) is 10.9. The van der Waals surface area contributed by atoms with Gasteiger partial charge in [-0.25, -0.2) is 0 Å². The molecule has 0 aliphatic heterocycles. The predicted octanol–water partition coefficient (Wildman–Crippen LogP) is 1.96. The zero-order valence-electron chi connectivity index (χ0n) is 8.64. The molecular weight excluding hydrogens is 138 g/mol. The number of hydrogen-bond donors (Lipinski definition) is 0. The molecule has 0 radical (unpaired) electrons. The second-order valence-electron chi connectivity index (χ2n) is 4.11. The Bertz CT molecular complexity index is 108. The first-order chi connectivity index (χ1) is 4.86. The molecule has 0 saturated carbocycles. The van der Waals surface area contributed by atoms with E-state index in [4.69, 9.17) is 4.74 Å². The van der Waals surface area contributed by atoms with Crippen LogP contribution < -0.4 is 0 Å². The summed E-state index contributed by atoms with van der Waals surface area (Å²) in [6, 6.07) is 0. The lowest BCUT2D eigenvalue weighted by Gasteiger charge is -2.30. The molecule has 0 rings (SSSR count). The Morgan fingerprint density at radius 1 is 1.27 bits per heavy atom. The summed E-state index contributed by atoms with van der Waals surface area (Å²) >= 11 is 0. The average Bonchev–Trinajstić information content (AvgIpc) is 1.84. The molecule has 2 heteroatoms. The number of nitrogens with zero attached hydrogens (tertiary/aromatic N) is 1. The van der Waals surface area contributed by atoms with Crippen molar-refractivity contribution in [1.82, 2.24) is 4.90 Å². The Morgan fingerprint density at radius 2 is 1.73 bits per heavy atom. The molecule has 0 atom stereocenters. The van der Waals surface area contributed by atoms with E-state index < -0.39 is 0 Å². The monoisotopic (exact) mass is 159 g/mol.